The van der Waals surface area contributed by atoms with Crippen LogP contribution >= 0.6 is 0 Å². The molecule has 0 aromatic heterocycles. The van der Waals surface area contributed by atoms with Gasteiger partial charge in [-0.05, 0) is 18.6 Å². The molecule has 32 heavy (non-hydrogen) atoms. The summed E-state index contributed by atoms with van der Waals surface area (Å²) in [5, 5.41) is 0. The number of hydrogen-bond donors (Lipinski definition) is 0. The van der Waals surface area contributed by atoms with E-state index in [0.717, 1.165) is 5.56 Å². The lowest BCUT2D eigenvalue weighted by Gasteiger charge is -2.31. The average Bonchev–Trinajstić information content (AvgIpc) is 3.05. The number of amides is 3. The molecule has 0 N–H and O–H groups in total. The van der Waals surface area contributed by atoms with Gasteiger partial charge in [-0.3, -0.25) is 19.3 Å². The van der Waals surface area contributed by atoms with Crippen molar-refractivity contribution in [2.45, 2.75) is 31.7 Å². The van der Waals surface area contributed by atoms with E-state index in [1.807, 2.05) is 37.3 Å². The number of likely N-dealkylation sites (tertiary alicyclic amines) is 1. The van der Waals surface area contributed by atoms with Gasteiger partial charge < -0.3 is 14.4 Å². The molecule has 1 unspecified atom stereocenters. The van der Waals surface area contributed by atoms with E-state index in [1.54, 1.807) is 29.2 Å². The van der Waals surface area contributed by atoms with Gasteiger partial charge in [-0.2, -0.15) is 0 Å². The monoisotopic (exact) mass is 438 g/mol. The highest BCUT2D eigenvalue weighted by Crippen LogP contribution is 2.44. The van der Waals surface area contributed by atoms with Crippen LogP contribution < -0.4 is 4.74 Å². The van der Waals surface area contributed by atoms with Crippen molar-refractivity contribution in [3.05, 3.63) is 65.7 Å². The maximum absolute atomic E-state index is 13.6. The fraction of sp³-hybridized carbons (Fsp3) is 0.400. The highest BCUT2D eigenvalue weighted by atomic mass is 16.5. The third kappa shape index (κ3) is 4.67. The van der Waals surface area contributed by atoms with Crippen LogP contribution in [0.1, 0.15) is 30.9 Å². The van der Waals surface area contributed by atoms with Crippen molar-refractivity contribution in [3.63, 3.8) is 0 Å². The van der Waals surface area contributed by atoms with E-state index >= 15 is 0 Å². The first-order valence-corrected chi connectivity index (χ1v) is 10.8. The van der Waals surface area contributed by atoms with Gasteiger partial charge in [0.2, 0.25) is 17.7 Å². The summed E-state index contributed by atoms with van der Waals surface area (Å²) in [5.74, 6) is -0.386. The zero-order valence-electron chi connectivity index (χ0n) is 18.9. The highest BCUT2D eigenvalue weighted by Gasteiger charge is 2.55. The number of carbonyl (C=O) groups excluding carboxylic acids is 3. The van der Waals surface area contributed by atoms with Crippen LogP contribution in [0.25, 0.3) is 0 Å². The van der Waals surface area contributed by atoms with Crippen LogP contribution in [0, 0.1) is 0 Å². The predicted molar refractivity (Wildman–Crippen MR) is 120 cm³/mol. The first kappa shape index (κ1) is 23.5. The molecule has 0 saturated carbocycles. The van der Waals surface area contributed by atoms with Crippen LogP contribution in [0.15, 0.2) is 54.6 Å². The van der Waals surface area contributed by atoms with Crippen LogP contribution in [0.2, 0.25) is 0 Å². The molecule has 2 aromatic carbocycles. The van der Waals surface area contributed by atoms with Crippen LogP contribution in [-0.4, -0.2) is 61.4 Å². The molecule has 2 aromatic rings. The molecule has 7 nitrogen and oxygen atoms in total. The molecule has 1 aliphatic heterocycles. The minimum absolute atomic E-state index is 0.0788. The van der Waals surface area contributed by atoms with Gasteiger partial charge >= 0.3 is 0 Å². The van der Waals surface area contributed by atoms with Gasteiger partial charge in [0.15, 0.2) is 0 Å². The number of ether oxygens (including phenoxy) is 2. The molecule has 0 aliphatic carbocycles. The van der Waals surface area contributed by atoms with Crippen LogP contribution in [0.4, 0.5) is 0 Å². The van der Waals surface area contributed by atoms with E-state index in [4.69, 9.17) is 9.47 Å². The number of nitrogens with zero attached hydrogens (tertiary/aromatic N) is 2. The molecule has 0 radical (unpaired) electrons. The number of rotatable bonds is 10. The van der Waals surface area contributed by atoms with Crippen molar-refractivity contribution in [2.75, 3.05) is 33.9 Å². The lowest BCUT2D eigenvalue weighted by molar-refractivity contribution is -0.143. The Morgan fingerprint density at radius 3 is 2.41 bits per heavy atom. The summed E-state index contributed by atoms with van der Waals surface area (Å²) in [6, 6.07) is 16.8. The molecule has 3 rings (SSSR count). The molecule has 1 aliphatic rings. The van der Waals surface area contributed by atoms with E-state index < -0.39 is 5.41 Å². The fourth-order valence-electron chi connectivity index (χ4n) is 4.24. The second-order valence-corrected chi connectivity index (χ2v) is 7.87. The average molecular weight is 439 g/mol. The van der Waals surface area contributed by atoms with Gasteiger partial charge in [-0.1, -0.05) is 48.5 Å². The topological polar surface area (TPSA) is 76.2 Å². The smallest absolute Gasteiger partial charge is 0.241 e. The normalized spacial score (nSPS) is 18.2. The second kappa shape index (κ2) is 10.4. The molecule has 1 saturated heterocycles. The zero-order valence-corrected chi connectivity index (χ0v) is 18.9. The minimum Gasteiger partial charge on any atom is -0.496 e. The summed E-state index contributed by atoms with van der Waals surface area (Å²) in [4.78, 5) is 42.9. The number of imide groups is 1. The van der Waals surface area contributed by atoms with E-state index in [9.17, 15) is 14.4 Å². The second-order valence-electron chi connectivity index (χ2n) is 7.87. The SMILES string of the molecule is CCN(Cc1ccccc1)C(=O)CC1(c2ccccc2OC)CC(=O)N(CCOC)C1=O. The van der Waals surface area contributed by atoms with Crippen LogP contribution in [0.5, 0.6) is 5.75 Å². The molecule has 0 bridgehead atoms. The van der Waals surface area contributed by atoms with E-state index in [1.165, 1.54) is 19.1 Å². The summed E-state index contributed by atoms with van der Waals surface area (Å²) in [6.07, 6.45) is -0.188. The Morgan fingerprint density at radius 2 is 1.75 bits per heavy atom. The lowest BCUT2D eigenvalue weighted by atomic mass is 9.75. The Labute approximate surface area is 188 Å². The largest absolute Gasteiger partial charge is 0.496 e. The van der Waals surface area contributed by atoms with E-state index in [-0.39, 0.29) is 43.7 Å². The standard InChI is InChI=1S/C25H30N2O5/c1-4-26(18-19-10-6-5-7-11-19)22(28)16-25(20-12-8-9-13-21(20)32-3)17-23(29)27(24(25)30)14-15-31-2/h5-13H,4,14-18H2,1-3H3. The number of hydrogen-bond acceptors (Lipinski definition) is 5. The lowest BCUT2D eigenvalue weighted by Crippen LogP contribution is -2.44. The van der Waals surface area contributed by atoms with Crippen molar-refractivity contribution in [2.24, 2.45) is 0 Å². The summed E-state index contributed by atoms with van der Waals surface area (Å²) < 4.78 is 10.6. The molecule has 7 heteroatoms. The van der Waals surface area contributed by atoms with Gasteiger partial charge in [-0.15, -0.1) is 0 Å². The van der Waals surface area contributed by atoms with Crippen LogP contribution in [-0.2, 0) is 31.1 Å². The Bertz CT molecular complexity index is 962. The van der Waals surface area contributed by atoms with Crippen molar-refractivity contribution < 1.29 is 23.9 Å². The third-order valence-electron chi connectivity index (χ3n) is 5.95. The summed E-state index contributed by atoms with van der Waals surface area (Å²) >= 11 is 0. The first-order valence-electron chi connectivity index (χ1n) is 10.8. The predicted octanol–water partition coefficient (Wildman–Crippen LogP) is 2.78. The van der Waals surface area contributed by atoms with Crippen molar-refractivity contribution in [1.29, 1.82) is 0 Å². The fourth-order valence-corrected chi connectivity index (χ4v) is 4.24. The van der Waals surface area contributed by atoms with Gasteiger partial charge in [0.05, 0.1) is 25.7 Å². The highest BCUT2D eigenvalue weighted by molar-refractivity contribution is 6.11. The molecule has 1 heterocycles. The Balaban J connectivity index is 1.97. The van der Waals surface area contributed by atoms with Crippen molar-refractivity contribution in [1.82, 2.24) is 9.80 Å². The zero-order chi connectivity index (χ0) is 23.1. The summed E-state index contributed by atoms with van der Waals surface area (Å²) in [7, 11) is 3.04. The van der Waals surface area contributed by atoms with E-state index in [0.29, 0.717) is 24.4 Å². The molecule has 0 spiro atoms. The van der Waals surface area contributed by atoms with Gasteiger partial charge in [0, 0.05) is 38.6 Å². The Morgan fingerprint density at radius 1 is 1.06 bits per heavy atom. The van der Waals surface area contributed by atoms with Crippen molar-refractivity contribution in [3.8, 4) is 5.75 Å². The quantitative estimate of drug-likeness (QED) is 0.533. The number of methoxy groups -OCH3 is 2. The van der Waals surface area contributed by atoms with Gasteiger partial charge in [0.25, 0.3) is 0 Å². The van der Waals surface area contributed by atoms with Gasteiger partial charge in [0.1, 0.15) is 5.75 Å². The Hall–Kier alpha value is -3.19. The maximum Gasteiger partial charge on any atom is 0.241 e. The molecule has 3 amide bonds. The number of benzene rings is 2. The molecule has 1 fully saturated rings. The number of para-hydroxylation sites is 1. The number of carbonyl (C=O) groups is 3. The Kier molecular flexibility index (Phi) is 7.64. The first-order chi connectivity index (χ1) is 15.5. The summed E-state index contributed by atoms with van der Waals surface area (Å²) in [6.45, 7) is 3.23. The molecule has 170 valence electrons. The van der Waals surface area contributed by atoms with Gasteiger partial charge in [-0.25, -0.2) is 0 Å². The maximum atomic E-state index is 13.6. The molecular formula is C25H30N2O5. The van der Waals surface area contributed by atoms with Crippen molar-refractivity contribution >= 4 is 17.7 Å². The minimum atomic E-state index is -1.31. The van der Waals surface area contributed by atoms with Crippen LogP contribution in [0.3, 0.4) is 0 Å². The molecule has 1 atom stereocenters. The van der Waals surface area contributed by atoms with E-state index in [2.05, 4.69) is 0 Å². The summed E-state index contributed by atoms with van der Waals surface area (Å²) in [5.41, 5.74) is 0.257. The third-order valence-corrected chi connectivity index (χ3v) is 5.95. The molecular weight excluding hydrogens is 408 g/mol.